The Morgan fingerprint density at radius 2 is 1.94 bits per heavy atom. The molecule has 0 spiro atoms. The molecule has 168 valence electrons. The number of benzene rings is 1. The summed E-state index contributed by atoms with van der Waals surface area (Å²) in [5, 5.41) is 3.51. The fourth-order valence-corrected chi connectivity index (χ4v) is 5.51. The SMILES string of the molecule is CC1CC(NC(=O)N2CCN3C(Cl)=C(c4cccc(F)c4)[C@H](C(N)=O)[C@H]3C2)CC(C)O1. The largest absolute Gasteiger partial charge is 0.375 e. The fraction of sp³-hybridized carbons (Fsp3) is 0.545. The normalized spacial score (nSPS) is 30.9. The Bertz CT molecular complexity index is 900. The molecule has 9 heteroatoms. The van der Waals surface area contributed by atoms with Gasteiger partial charge >= 0.3 is 6.03 Å². The molecule has 3 heterocycles. The maximum atomic E-state index is 13.8. The number of carbonyl (C=O) groups is 2. The van der Waals surface area contributed by atoms with Gasteiger partial charge in [0.15, 0.2) is 0 Å². The Kier molecular flexibility index (Phi) is 6.12. The molecule has 4 rings (SSSR count). The number of rotatable bonds is 3. The van der Waals surface area contributed by atoms with Crippen LogP contribution >= 0.6 is 11.6 Å². The molecular weight excluding hydrogens is 423 g/mol. The first-order chi connectivity index (χ1) is 14.7. The Morgan fingerprint density at radius 3 is 2.58 bits per heavy atom. The topological polar surface area (TPSA) is 87.9 Å². The molecule has 1 aromatic rings. The summed E-state index contributed by atoms with van der Waals surface area (Å²) in [4.78, 5) is 29.0. The third-order valence-corrected chi connectivity index (χ3v) is 6.76. The Hall–Kier alpha value is -2.32. The van der Waals surface area contributed by atoms with Crippen molar-refractivity contribution >= 4 is 29.1 Å². The van der Waals surface area contributed by atoms with Crippen LogP contribution in [0.5, 0.6) is 0 Å². The van der Waals surface area contributed by atoms with E-state index in [9.17, 15) is 14.0 Å². The summed E-state index contributed by atoms with van der Waals surface area (Å²) in [5.41, 5.74) is 6.80. The summed E-state index contributed by atoms with van der Waals surface area (Å²) in [6, 6.07) is 5.48. The maximum absolute atomic E-state index is 13.8. The van der Waals surface area contributed by atoms with Crippen molar-refractivity contribution in [3.63, 3.8) is 0 Å². The highest BCUT2D eigenvalue weighted by molar-refractivity contribution is 6.33. The van der Waals surface area contributed by atoms with Gasteiger partial charge in [0, 0.05) is 31.2 Å². The number of nitrogens with one attached hydrogen (secondary N) is 1. The molecule has 0 saturated carbocycles. The second-order valence-electron chi connectivity index (χ2n) is 8.68. The number of piperazine rings is 1. The van der Waals surface area contributed by atoms with Crippen molar-refractivity contribution in [3.8, 4) is 0 Å². The molecular formula is C22H28ClFN4O3. The molecule has 2 saturated heterocycles. The molecule has 7 nitrogen and oxygen atoms in total. The predicted octanol–water partition coefficient (Wildman–Crippen LogP) is 2.50. The lowest BCUT2D eigenvalue weighted by Crippen LogP contribution is -2.59. The number of nitrogens with zero attached hydrogens (tertiary/aromatic N) is 2. The number of ether oxygens (including phenoxy) is 1. The first-order valence-corrected chi connectivity index (χ1v) is 11.0. The van der Waals surface area contributed by atoms with Crippen molar-refractivity contribution < 1.29 is 18.7 Å². The number of primary amides is 1. The van der Waals surface area contributed by atoms with Crippen LogP contribution in [-0.4, -0.2) is 65.7 Å². The number of hydrogen-bond donors (Lipinski definition) is 2. The van der Waals surface area contributed by atoms with Crippen molar-refractivity contribution in [1.29, 1.82) is 0 Å². The monoisotopic (exact) mass is 450 g/mol. The molecule has 2 fully saturated rings. The van der Waals surface area contributed by atoms with E-state index in [0.717, 1.165) is 12.8 Å². The van der Waals surface area contributed by atoms with E-state index in [1.54, 1.807) is 17.0 Å². The Labute approximate surface area is 186 Å². The van der Waals surface area contributed by atoms with Crippen molar-refractivity contribution in [2.24, 2.45) is 11.7 Å². The second kappa shape index (κ2) is 8.67. The summed E-state index contributed by atoms with van der Waals surface area (Å²) in [6.07, 6.45) is 1.72. The smallest absolute Gasteiger partial charge is 0.317 e. The zero-order valence-electron chi connectivity index (χ0n) is 17.7. The van der Waals surface area contributed by atoms with Gasteiger partial charge in [0.1, 0.15) is 11.0 Å². The van der Waals surface area contributed by atoms with Gasteiger partial charge in [-0.3, -0.25) is 4.79 Å². The summed E-state index contributed by atoms with van der Waals surface area (Å²) >= 11 is 6.63. The molecule has 3 amide bonds. The molecule has 0 aromatic heterocycles. The molecule has 0 aliphatic carbocycles. The van der Waals surface area contributed by atoms with Gasteiger partial charge in [0.2, 0.25) is 5.91 Å². The third kappa shape index (κ3) is 4.36. The lowest BCUT2D eigenvalue weighted by molar-refractivity contribution is -0.121. The Morgan fingerprint density at radius 1 is 1.23 bits per heavy atom. The first kappa shape index (κ1) is 21.9. The average Bonchev–Trinajstić information content (AvgIpc) is 2.99. The molecule has 3 aliphatic heterocycles. The van der Waals surface area contributed by atoms with Crippen LogP contribution in [0.3, 0.4) is 0 Å². The van der Waals surface area contributed by atoms with Crippen LogP contribution in [0.4, 0.5) is 9.18 Å². The van der Waals surface area contributed by atoms with E-state index in [0.29, 0.717) is 35.9 Å². The summed E-state index contributed by atoms with van der Waals surface area (Å²) < 4.78 is 19.6. The minimum absolute atomic E-state index is 0.0457. The van der Waals surface area contributed by atoms with Crippen molar-refractivity contribution in [3.05, 3.63) is 40.8 Å². The number of hydrogen-bond acceptors (Lipinski definition) is 4. The first-order valence-electron chi connectivity index (χ1n) is 10.7. The average molecular weight is 451 g/mol. The van der Waals surface area contributed by atoms with Gasteiger partial charge in [-0.2, -0.15) is 0 Å². The zero-order valence-corrected chi connectivity index (χ0v) is 18.4. The van der Waals surface area contributed by atoms with Gasteiger partial charge in [-0.05, 0) is 44.4 Å². The third-order valence-electron chi connectivity index (χ3n) is 6.34. The van der Waals surface area contributed by atoms with E-state index >= 15 is 0 Å². The van der Waals surface area contributed by atoms with Crippen molar-refractivity contribution in [1.82, 2.24) is 15.1 Å². The van der Waals surface area contributed by atoms with Crippen LogP contribution < -0.4 is 11.1 Å². The van der Waals surface area contributed by atoms with Gasteiger partial charge in [-0.25, -0.2) is 9.18 Å². The summed E-state index contributed by atoms with van der Waals surface area (Å²) in [5.74, 6) is -1.68. The van der Waals surface area contributed by atoms with Crippen LogP contribution in [0.15, 0.2) is 29.4 Å². The Balaban J connectivity index is 1.51. The van der Waals surface area contributed by atoms with E-state index < -0.39 is 17.6 Å². The van der Waals surface area contributed by atoms with Crippen molar-refractivity contribution in [2.45, 2.75) is 51.0 Å². The maximum Gasteiger partial charge on any atom is 0.317 e. The quantitative estimate of drug-likeness (QED) is 0.692. The molecule has 2 unspecified atom stereocenters. The van der Waals surface area contributed by atoms with E-state index in [2.05, 4.69) is 5.32 Å². The highest BCUT2D eigenvalue weighted by Crippen LogP contribution is 2.43. The molecule has 1 aromatic carbocycles. The molecule has 0 radical (unpaired) electrons. The number of amides is 3. The second-order valence-corrected chi connectivity index (χ2v) is 9.03. The highest BCUT2D eigenvalue weighted by atomic mass is 35.5. The van der Waals surface area contributed by atoms with Gasteiger partial charge in [0.05, 0.1) is 24.2 Å². The number of carbonyl (C=O) groups excluding carboxylic acids is 2. The standard InChI is InChI=1S/C22H28ClFN4O3/c1-12-8-16(9-13(2)31-12)26-22(30)27-6-7-28-17(11-27)19(21(25)29)18(20(28)23)14-4-3-5-15(24)10-14/h3-5,10,12-13,16-17,19H,6-9,11H2,1-2H3,(H2,25,29)(H,26,30)/t12?,13?,16?,17-,19-/m1/s1. The van der Waals surface area contributed by atoms with Gasteiger partial charge in [0.25, 0.3) is 0 Å². The van der Waals surface area contributed by atoms with Crippen LogP contribution in [-0.2, 0) is 9.53 Å². The van der Waals surface area contributed by atoms with Gasteiger partial charge in [-0.1, -0.05) is 23.7 Å². The lowest BCUT2D eigenvalue weighted by Gasteiger charge is -2.41. The van der Waals surface area contributed by atoms with Crippen molar-refractivity contribution in [2.75, 3.05) is 19.6 Å². The number of nitrogens with two attached hydrogens (primary N) is 1. The number of fused-ring (bicyclic) bond motifs is 1. The van der Waals surface area contributed by atoms with Crippen LogP contribution in [0.25, 0.3) is 5.57 Å². The molecule has 3 aliphatic rings. The van der Waals surface area contributed by atoms with Crippen LogP contribution in [0.1, 0.15) is 32.3 Å². The van der Waals surface area contributed by atoms with E-state index in [4.69, 9.17) is 22.1 Å². The summed E-state index contributed by atoms with van der Waals surface area (Å²) in [6.45, 7) is 5.26. The minimum Gasteiger partial charge on any atom is -0.375 e. The number of halogens is 2. The molecule has 31 heavy (non-hydrogen) atoms. The van der Waals surface area contributed by atoms with Gasteiger partial charge < -0.3 is 25.6 Å². The summed E-state index contributed by atoms with van der Waals surface area (Å²) in [7, 11) is 0. The highest BCUT2D eigenvalue weighted by Gasteiger charge is 2.47. The van der Waals surface area contributed by atoms with Gasteiger partial charge in [-0.15, -0.1) is 0 Å². The number of urea groups is 1. The molecule has 4 atom stereocenters. The zero-order chi connectivity index (χ0) is 22.3. The van der Waals surface area contributed by atoms with Crippen LogP contribution in [0, 0.1) is 11.7 Å². The minimum atomic E-state index is -0.729. The predicted molar refractivity (Wildman–Crippen MR) is 115 cm³/mol. The van der Waals surface area contributed by atoms with E-state index in [1.807, 2.05) is 18.7 Å². The molecule has 3 N–H and O–H groups in total. The lowest BCUT2D eigenvalue weighted by atomic mass is 9.88. The van der Waals surface area contributed by atoms with Crippen LogP contribution in [0.2, 0.25) is 0 Å². The fourth-order valence-electron chi connectivity index (χ4n) is 5.07. The molecule has 0 bridgehead atoms. The van der Waals surface area contributed by atoms with E-state index in [-0.39, 0.29) is 30.3 Å². The van der Waals surface area contributed by atoms with E-state index in [1.165, 1.54) is 12.1 Å².